The molecule has 2 unspecified atom stereocenters. The molecule has 0 saturated carbocycles. The molecule has 1 heterocycles. The number of nitrogens with zero attached hydrogens (tertiary/aromatic N) is 2. The second-order valence-electron chi connectivity index (χ2n) is 7.54. The van der Waals surface area contributed by atoms with Crippen LogP contribution in [0.3, 0.4) is 0 Å². The molecule has 28 heavy (non-hydrogen) atoms. The Hall–Kier alpha value is -1.22. The van der Waals surface area contributed by atoms with Gasteiger partial charge in [0.15, 0.2) is 5.96 Å². The summed E-state index contributed by atoms with van der Waals surface area (Å²) >= 11 is 0. The summed E-state index contributed by atoms with van der Waals surface area (Å²) in [6.07, 6.45) is 2.58. The number of hydrogen-bond acceptors (Lipinski definition) is 4. The minimum atomic E-state index is 0. The third-order valence-corrected chi connectivity index (χ3v) is 5.00. The van der Waals surface area contributed by atoms with Gasteiger partial charge < -0.3 is 25.0 Å². The van der Waals surface area contributed by atoms with Crippen LogP contribution in [0, 0.1) is 5.92 Å². The first kappa shape index (κ1) is 24.8. The van der Waals surface area contributed by atoms with E-state index < -0.39 is 0 Å². The van der Waals surface area contributed by atoms with E-state index in [1.165, 1.54) is 19.4 Å². The summed E-state index contributed by atoms with van der Waals surface area (Å²) in [6, 6.07) is 8.30. The minimum Gasteiger partial charge on any atom is -0.497 e. The maximum atomic E-state index is 5.95. The summed E-state index contributed by atoms with van der Waals surface area (Å²) in [5, 5.41) is 6.83. The summed E-state index contributed by atoms with van der Waals surface area (Å²) in [6.45, 7) is 10.6. The number of piperidine rings is 1. The lowest BCUT2D eigenvalue weighted by molar-refractivity contribution is 0.141. The van der Waals surface area contributed by atoms with Crippen molar-refractivity contribution in [3.63, 3.8) is 0 Å². The molecule has 2 rings (SSSR count). The van der Waals surface area contributed by atoms with E-state index in [0.717, 1.165) is 30.5 Å². The van der Waals surface area contributed by atoms with Gasteiger partial charge in [-0.3, -0.25) is 4.99 Å². The van der Waals surface area contributed by atoms with Crippen LogP contribution in [0.25, 0.3) is 0 Å². The molecule has 6 nitrogen and oxygen atoms in total. The first-order valence-electron chi connectivity index (χ1n) is 10.0. The number of nitrogens with one attached hydrogen (secondary N) is 2. The van der Waals surface area contributed by atoms with Gasteiger partial charge in [0.2, 0.25) is 0 Å². The van der Waals surface area contributed by atoms with E-state index in [-0.39, 0.29) is 30.1 Å². The first-order chi connectivity index (χ1) is 13.0. The van der Waals surface area contributed by atoms with E-state index >= 15 is 0 Å². The van der Waals surface area contributed by atoms with Crippen LogP contribution in [0.5, 0.6) is 11.5 Å². The number of aliphatic imine (C=N–C) groups is 1. The Balaban J connectivity index is 0.00000392. The third kappa shape index (κ3) is 8.43. The number of hydrogen-bond donors (Lipinski definition) is 2. The van der Waals surface area contributed by atoms with Crippen LogP contribution in [0.2, 0.25) is 0 Å². The molecule has 2 atom stereocenters. The molecule has 0 aromatic heterocycles. The Morgan fingerprint density at radius 3 is 2.68 bits per heavy atom. The average Bonchev–Trinajstić information content (AvgIpc) is 2.68. The summed E-state index contributed by atoms with van der Waals surface area (Å²) in [5.74, 6) is 3.11. The summed E-state index contributed by atoms with van der Waals surface area (Å²) in [5.41, 5.74) is 0. The fraction of sp³-hybridized carbons (Fsp3) is 0.667. The Kier molecular flexibility index (Phi) is 11.6. The van der Waals surface area contributed by atoms with Crippen LogP contribution < -0.4 is 20.1 Å². The monoisotopic (exact) mass is 504 g/mol. The smallest absolute Gasteiger partial charge is 0.191 e. The highest BCUT2D eigenvalue weighted by molar-refractivity contribution is 14.0. The summed E-state index contributed by atoms with van der Waals surface area (Å²) in [7, 11) is 3.47. The second-order valence-corrected chi connectivity index (χ2v) is 7.54. The molecular formula is C21H37IN4O2. The lowest BCUT2D eigenvalue weighted by atomic mass is 9.97. The molecule has 1 fully saturated rings. The molecule has 1 aliphatic rings. The standard InChI is InChI=1S/C21H36N4O2.HI/c1-16(2)25-11-7-8-18(15-25)14-24-21(22-4)23-13-17(3)27-20-10-6-9-19(12-20)26-5;/h6,9-10,12,16-18H,7-8,11,13-15H2,1-5H3,(H2,22,23,24);1H. The average molecular weight is 504 g/mol. The largest absolute Gasteiger partial charge is 0.497 e. The van der Waals surface area contributed by atoms with Gasteiger partial charge in [-0.05, 0) is 58.2 Å². The van der Waals surface area contributed by atoms with Gasteiger partial charge in [0.25, 0.3) is 0 Å². The highest BCUT2D eigenvalue weighted by Gasteiger charge is 2.21. The maximum Gasteiger partial charge on any atom is 0.191 e. The molecule has 0 bridgehead atoms. The van der Waals surface area contributed by atoms with Crippen molar-refractivity contribution in [2.24, 2.45) is 10.9 Å². The van der Waals surface area contributed by atoms with E-state index in [9.17, 15) is 0 Å². The predicted molar refractivity (Wildman–Crippen MR) is 127 cm³/mol. The zero-order chi connectivity index (χ0) is 19.6. The van der Waals surface area contributed by atoms with Crippen LogP contribution in [0.15, 0.2) is 29.3 Å². The molecule has 2 N–H and O–H groups in total. The number of benzene rings is 1. The van der Waals surface area contributed by atoms with Gasteiger partial charge in [-0.1, -0.05) is 6.07 Å². The number of halogens is 1. The molecule has 1 aliphatic heterocycles. The van der Waals surface area contributed by atoms with Gasteiger partial charge in [-0.2, -0.15) is 0 Å². The Morgan fingerprint density at radius 1 is 1.25 bits per heavy atom. The van der Waals surface area contributed by atoms with Crippen molar-refractivity contribution >= 4 is 29.9 Å². The molecule has 1 saturated heterocycles. The normalized spacial score (nSPS) is 18.9. The fourth-order valence-electron chi connectivity index (χ4n) is 3.38. The molecule has 0 aliphatic carbocycles. The molecule has 0 radical (unpaired) electrons. The summed E-state index contributed by atoms with van der Waals surface area (Å²) < 4.78 is 11.2. The van der Waals surface area contributed by atoms with Crippen LogP contribution in [-0.4, -0.2) is 63.3 Å². The summed E-state index contributed by atoms with van der Waals surface area (Å²) in [4.78, 5) is 6.90. The lowest BCUT2D eigenvalue weighted by Gasteiger charge is -2.35. The highest BCUT2D eigenvalue weighted by Crippen LogP contribution is 2.20. The van der Waals surface area contributed by atoms with Gasteiger partial charge in [0.05, 0.1) is 13.7 Å². The Labute approximate surface area is 187 Å². The second kappa shape index (κ2) is 13.1. The van der Waals surface area contributed by atoms with Gasteiger partial charge in [-0.15, -0.1) is 24.0 Å². The van der Waals surface area contributed by atoms with E-state index in [4.69, 9.17) is 9.47 Å². The molecular weight excluding hydrogens is 467 g/mol. The van der Waals surface area contributed by atoms with E-state index in [2.05, 4.69) is 34.4 Å². The van der Waals surface area contributed by atoms with Crippen LogP contribution in [0.1, 0.15) is 33.6 Å². The van der Waals surface area contributed by atoms with Crippen molar-refractivity contribution in [3.8, 4) is 11.5 Å². The van der Waals surface area contributed by atoms with E-state index in [0.29, 0.717) is 18.5 Å². The number of ether oxygens (including phenoxy) is 2. The Bertz CT molecular complexity index is 598. The molecule has 0 amide bonds. The number of methoxy groups -OCH3 is 1. The van der Waals surface area contributed by atoms with Crippen LogP contribution in [0.4, 0.5) is 0 Å². The van der Waals surface area contributed by atoms with Crippen LogP contribution >= 0.6 is 24.0 Å². The van der Waals surface area contributed by atoms with Gasteiger partial charge >= 0.3 is 0 Å². The molecule has 0 spiro atoms. The van der Waals surface area contributed by atoms with Gasteiger partial charge in [0, 0.05) is 32.2 Å². The molecule has 1 aromatic rings. The van der Waals surface area contributed by atoms with Crippen molar-refractivity contribution < 1.29 is 9.47 Å². The van der Waals surface area contributed by atoms with Crippen molar-refractivity contribution in [1.82, 2.24) is 15.5 Å². The zero-order valence-corrected chi connectivity index (χ0v) is 20.2. The minimum absolute atomic E-state index is 0. The van der Waals surface area contributed by atoms with Gasteiger partial charge in [0.1, 0.15) is 17.6 Å². The predicted octanol–water partition coefficient (Wildman–Crippen LogP) is 3.37. The Morgan fingerprint density at radius 2 is 2.00 bits per heavy atom. The quantitative estimate of drug-likeness (QED) is 0.323. The third-order valence-electron chi connectivity index (χ3n) is 5.00. The SMILES string of the molecule is CN=C(NCC1CCCN(C(C)C)C1)NCC(C)Oc1cccc(OC)c1.I. The molecule has 1 aromatic carbocycles. The lowest BCUT2D eigenvalue weighted by Crippen LogP contribution is -2.47. The number of likely N-dealkylation sites (tertiary alicyclic amines) is 1. The first-order valence-corrected chi connectivity index (χ1v) is 10.0. The molecule has 7 heteroatoms. The van der Waals surface area contributed by atoms with Crippen molar-refractivity contribution in [3.05, 3.63) is 24.3 Å². The maximum absolute atomic E-state index is 5.95. The van der Waals surface area contributed by atoms with Crippen molar-refractivity contribution in [2.45, 2.75) is 45.8 Å². The van der Waals surface area contributed by atoms with Crippen molar-refractivity contribution in [2.75, 3.05) is 40.3 Å². The van der Waals surface area contributed by atoms with Gasteiger partial charge in [-0.25, -0.2) is 0 Å². The van der Waals surface area contributed by atoms with E-state index in [1.54, 1.807) is 7.11 Å². The van der Waals surface area contributed by atoms with Crippen LogP contribution in [-0.2, 0) is 0 Å². The highest BCUT2D eigenvalue weighted by atomic mass is 127. The van der Waals surface area contributed by atoms with Crippen molar-refractivity contribution in [1.29, 1.82) is 0 Å². The zero-order valence-electron chi connectivity index (χ0n) is 17.9. The number of guanidine groups is 1. The fourth-order valence-corrected chi connectivity index (χ4v) is 3.38. The topological polar surface area (TPSA) is 58.1 Å². The number of rotatable bonds is 8. The van der Waals surface area contributed by atoms with E-state index in [1.807, 2.05) is 38.2 Å². The molecule has 160 valence electrons.